The zero-order valence-corrected chi connectivity index (χ0v) is 17.4. The molecule has 1 aliphatic rings. The summed E-state index contributed by atoms with van der Waals surface area (Å²) in [6, 6.07) is 7.65. The molecule has 8 nitrogen and oxygen atoms in total. The minimum Gasteiger partial charge on any atom is -0.467 e. The number of carbonyl (C=O) groups is 2. The summed E-state index contributed by atoms with van der Waals surface area (Å²) in [5, 5.41) is 2.75. The first-order valence-corrected chi connectivity index (χ1v) is 10.9. The zero-order valence-electron chi connectivity index (χ0n) is 16.6. The summed E-state index contributed by atoms with van der Waals surface area (Å²) in [4.78, 5) is 26.4. The maximum absolute atomic E-state index is 12.7. The Bertz CT molecular complexity index is 761. The Balaban J connectivity index is 1.89. The minimum absolute atomic E-state index is 0.0377. The molecule has 1 N–H and O–H groups in total. The van der Waals surface area contributed by atoms with Crippen LogP contribution in [0.5, 0.6) is 0 Å². The Hall–Kier alpha value is -1.97. The highest BCUT2D eigenvalue weighted by atomic mass is 32.2. The second kappa shape index (κ2) is 9.99. The van der Waals surface area contributed by atoms with Gasteiger partial charge in [-0.3, -0.25) is 9.69 Å². The fourth-order valence-electron chi connectivity index (χ4n) is 3.09. The lowest BCUT2D eigenvalue weighted by Gasteiger charge is -2.34. The molecule has 28 heavy (non-hydrogen) atoms. The molecule has 1 aromatic carbocycles. The molecule has 1 heterocycles. The number of carbonyl (C=O) groups excluding carboxylic acids is 2. The number of sulfonamides is 1. The van der Waals surface area contributed by atoms with E-state index in [0.717, 1.165) is 6.42 Å². The average Bonchev–Trinajstić information content (AvgIpc) is 2.72. The number of nitrogens with one attached hydrogen (secondary N) is 1. The van der Waals surface area contributed by atoms with Crippen LogP contribution in [0.3, 0.4) is 0 Å². The van der Waals surface area contributed by atoms with E-state index in [9.17, 15) is 18.0 Å². The lowest BCUT2D eigenvalue weighted by Crippen LogP contribution is -2.53. The van der Waals surface area contributed by atoms with Gasteiger partial charge in [0, 0.05) is 26.2 Å². The van der Waals surface area contributed by atoms with Gasteiger partial charge in [0.25, 0.3) is 0 Å². The van der Waals surface area contributed by atoms with Crippen LogP contribution in [0.1, 0.15) is 20.3 Å². The van der Waals surface area contributed by atoms with Gasteiger partial charge in [-0.15, -0.1) is 0 Å². The molecule has 9 heteroatoms. The number of piperazine rings is 1. The van der Waals surface area contributed by atoms with Crippen molar-refractivity contribution >= 4 is 21.9 Å². The van der Waals surface area contributed by atoms with Crippen molar-refractivity contribution in [2.75, 3.05) is 39.8 Å². The van der Waals surface area contributed by atoms with Crippen LogP contribution in [-0.4, -0.2) is 75.4 Å². The molecule has 0 spiro atoms. The van der Waals surface area contributed by atoms with Crippen molar-refractivity contribution in [3.8, 4) is 0 Å². The van der Waals surface area contributed by atoms with Crippen molar-refractivity contribution < 1.29 is 22.7 Å². The van der Waals surface area contributed by atoms with Crippen molar-refractivity contribution in [3.63, 3.8) is 0 Å². The van der Waals surface area contributed by atoms with E-state index >= 15 is 0 Å². The largest absolute Gasteiger partial charge is 0.467 e. The maximum Gasteiger partial charge on any atom is 0.328 e. The first kappa shape index (κ1) is 22.3. The number of benzene rings is 1. The lowest BCUT2D eigenvalue weighted by molar-refractivity contribution is -0.146. The number of amides is 1. The molecule has 1 fully saturated rings. The maximum atomic E-state index is 12.7. The van der Waals surface area contributed by atoms with Gasteiger partial charge in [0.05, 0.1) is 18.6 Å². The molecule has 0 unspecified atom stereocenters. The van der Waals surface area contributed by atoms with E-state index in [1.165, 1.54) is 11.4 Å². The van der Waals surface area contributed by atoms with Gasteiger partial charge >= 0.3 is 5.97 Å². The zero-order chi connectivity index (χ0) is 20.7. The molecule has 0 aliphatic carbocycles. The predicted octanol–water partition coefficient (Wildman–Crippen LogP) is 0.697. The molecule has 2 rings (SSSR count). The van der Waals surface area contributed by atoms with E-state index in [2.05, 4.69) is 5.32 Å². The van der Waals surface area contributed by atoms with Crippen LogP contribution < -0.4 is 5.32 Å². The Morgan fingerprint density at radius 2 is 1.75 bits per heavy atom. The molecule has 1 aliphatic heterocycles. The summed E-state index contributed by atoms with van der Waals surface area (Å²) in [5.41, 5.74) is 0. The number of rotatable bonds is 8. The summed E-state index contributed by atoms with van der Waals surface area (Å²) in [5.74, 6) is -0.763. The predicted molar refractivity (Wildman–Crippen MR) is 105 cm³/mol. The molecule has 0 saturated carbocycles. The van der Waals surface area contributed by atoms with Crippen LogP contribution in [0.2, 0.25) is 0 Å². The van der Waals surface area contributed by atoms with E-state index in [4.69, 9.17) is 4.74 Å². The number of nitrogens with zero attached hydrogens (tertiary/aromatic N) is 2. The van der Waals surface area contributed by atoms with Crippen LogP contribution in [0.4, 0.5) is 0 Å². The van der Waals surface area contributed by atoms with Gasteiger partial charge in [0.2, 0.25) is 15.9 Å². The van der Waals surface area contributed by atoms with Crippen LogP contribution >= 0.6 is 0 Å². The van der Waals surface area contributed by atoms with Crippen molar-refractivity contribution in [3.05, 3.63) is 30.3 Å². The third kappa shape index (κ3) is 5.52. The highest BCUT2D eigenvalue weighted by Crippen LogP contribution is 2.17. The topological polar surface area (TPSA) is 96.0 Å². The number of methoxy groups -OCH3 is 1. The Kier molecular flexibility index (Phi) is 7.97. The summed E-state index contributed by atoms with van der Waals surface area (Å²) in [6.07, 6.45) is 0.732. The highest BCUT2D eigenvalue weighted by Gasteiger charge is 2.30. The normalized spacial score (nSPS) is 18.2. The SMILES string of the molecule is CC[C@H](C)[C@@H](NC(=O)CN1CCN(S(=O)(=O)c2ccccc2)CC1)C(=O)OC. The average molecular weight is 412 g/mol. The lowest BCUT2D eigenvalue weighted by atomic mass is 9.99. The fourth-order valence-corrected chi connectivity index (χ4v) is 4.53. The number of hydrogen-bond acceptors (Lipinski definition) is 6. The third-order valence-corrected chi connectivity index (χ3v) is 6.98. The molecule has 2 atom stereocenters. The first-order valence-electron chi connectivity index (χ1n) is 9.44. The smallest absolute Gasteiger partial charge is 0.328 e. The second-order valence-electron chi connectivity index (χ2n) is 6.95. The van der Waals surface area contributed by atoms with E-state index in [0.29, 0.717) is 26.2 Å². The van der Waals surface area contributed by atoms with Crippen molar-refractivity contribution in [2.45, 2.75) is 31.2 Å². The van der Waals surface area contributed by atoms with Crippen LogP contribution in [0.25, 0.3) is 0 Å². The van der Waals surface area contributed by atoms with E-state index in [1.807, 2.05) is 18.7 Å². The quantitative estimate of drug-likeness (QED) is 0.633. The fraction of sp³-hybridized carbons (Fsp3) is 0.579. The van der Waals surface area contributed by atoms with E-state index < -0.39 is 22.0 Å². The second-order valence-corrected chi connectivity index (χ2v) is 8.89. The molecule has 1 amide bonds. The molecule has 0 bridgehead atoms. The molecule has 0 radical (unpaired) electrons. The molecule has 0 aromatic heterocycles. The molecule has 156 valence electrons. The molecular formula is C19H29N3O5S. The van der Waals surface area contributed by atoms with Gasteiger partial charge in [-0.2, -0.15) is 4.31 Å². The van der Waals surface area contributed by atoms with Crippen molar-refractivity contribution in [1.29, 1.82) is 0 Å². The van der Waals surface area contributed by atoms with Gasteiger partial charge in [-0.25, -0.2) is 13.2 Å². The molecular weight excluding hydrogens is 382 g/mol. The Morgan fingerprint density at radius 3 is 2.29 bits per heavy atom. The Morgan fingerprint density at radius 1 is 1.14 bits per heavy atom. The number of esters is 1. The van der Waals surface area contributed by atoms with Crippen molar-refractivity contribution in [2.24, 2.45) is 5.92 Å². The highest BCUT2D eigenvalue weighted by molar-refractivity contribution is 7.89. The summed E-state index contributed by atoms with van der Waals surface area (Å²) < 4.78 is 31.5. The molecule has 1 saturated heterocycles. The Labute approximate surface area is 166 Å². The number of hydrogen-bond donors (Lipinski definition) is 1. The minimum atomic E-state index is -3.52. The molecule has 1 aromatic rings. The van der Waals surface area contributed by atoms with Crippen molar-refractivity contribution in [1.82, 2.24) is 14.5 Å². The van der Waals surface area contributed by atoms with Gasteiger partial charge in [-0.05, 0) is 18.1 Å². The third-order valence-electron chi connectivity index (χ3n) is 5.06. The van der Waals surface area contributed by atoms with Crippen LogP contribution in [0.15, 0.2) is 35.2 Å². The van der Waals surface area contributed by atoms with Gasteiger partial charge in [0.15, 0.2) is 0 Å². The standard InChI is InChI=1S/C19H29N3O5S/c1-4-15(2)18(19(24)27-3)20-17(23)14-21-10-12-22(13-11-21)28(25,26)16-8-6-5-7-9-16/h5-9,15,18H,4,10-14H2,1-3H3,(H,20,23)/t15-,18+/m0/s1. The van der Waals surface area contributed by atoms with Crippen LogP contribution in [0, 0.1) is 5.92 Å². The number of ether oxygens (including phenoxy) is 1. The summed E-state index contributed by atoms with van der Waals surface area (Å²) >= 11 is 0. The van der Waals surface area contributed by atoms with Gasteiger partial charge in [-0.1, -0.05) is 38.5 Å². The van der Waals surface area contributed by atoms with Gasteiger partial charge < -0.3 is 10.1 Å². The first-order chi connectivity index (χ1) is 13.3. The monoisotopic (exact) mass is 411 g/mol. The van der Waals surface area contributed by atoms with E-state index in [-0.39, 0.29) is 23.3 Å². The van der Waals surface area contributed by atoms with Crippen LogP contribution in [-0.2, 0) is 24.3 Å². The summed E-state index contributed by atoms with van der Waals surface area (Å²) in [7, 11) is -2.22. The van der Waals surface area contributed by atoms with E-state index in [1.54, 1.807) is 30.3 Å². The summed E-state index contributed by atoms with van der Waals surface area (Å²) in [6.45, 7) is 5.47. The van der Waals surface area contributed by atoms with Gasteiger partial charge in [0.1, 0.15) is 6.04 Å².